The van der Waals surface area contributed by atoms with Gasteiger partial charge >= 0.3 is 0 Å². The van der Waals surface area contributed by atoms with Crippen molar-refractivity contribution in [2.24, 2.45) is 0 Å². The SMILES string of the molecule is Cc1nonc1CNC1(C)CC1. The summed E-state index contributed by atoms with van der Waals surface area (Å²) in [6.07, 6.45) is 2.52. The highest BCUT2D eigenvalue weighted by atomic mass is 16.6. The number of rotatable bonds is 3. The summed E-state index contributed by atoms with van der Waals surface area (Å²) in [5.41, 5.74) is 2.15. The number of hydrogen-bond acceptors (Lipinski definition) is 4. The smallest absolute Gasteiger partial charge is 0.121 e. The average Bonchev–Trinajstić information content (AvgIpc) is 2.61. The maximum atomic E-state index is 4.59. The minimum atomic E-state index is 0.353. The van der Waals surface area contributed by atoms with E-state index < -0.39 is 0 Å². The number of aromatic nitrogens is 2. The monoisotopic (exact) mass is 167 g/mol. The van der Waals surface area contributed by atoms with Crippen LogP contribution in [0, 0.1) is 6.92 Å². The van der Waals surface area contributed by atoms with Gasteiger partial charge in [-0.15, -0.1) is 0 Å². The van der Waals surface area contributed by atoms with Crippen LogP contribution in [0.5, 0.6) is 0 Å². The van der Waals surface area contributed by atoms with Crippen LogP contribution in [0.3, 0.4) is 0 Å². The molecule has 1 fully saturated rings. The van der Waals surface area contributed by atoms with Crippen LogP contribution in [0.15, 0.2) is 4.63 Å². The highest BCUT2D eigenvalue weighted by Gasteiger charge is 2.36. The number of nitrogens with zero attached hydrogens (tertiary/aromatic N) is 2. The van der Waals surface area contributed by atoms with Crippen LogP contribution in [0.2, 0.25) is 0 Å². The Bertz CT molecular complexity index is 278. The Hall–Kier alpha value is -0.900. The highest BCUT2D eigenvalue weighted by Crippen LogP contribution is 2.34. The van der Waals surface area contributed by atoms with Crippen LogP contribution in [0.25, 0.3) is 0 Å². The topological polar surface area (TPSA) is 51.0 Å². The van der Waals surface area contributed by atoms with E-state index in [-0.39, 0.29) is 0 Å². The summed E-state index contributed by atoms with van der Waals surface area (Å²) in [5, 5.41) is 10.9. The predicted octanol–water partition coefficient (Wildman–Crippen LogP) is 1.02. The fraction of sp³-hybridized carbons (Fsp3) is 0.750. The molecule has 0 atom stereocenters. The molecule has 1 aromatic heterocycles. The van der Waals surface area contributed by atoms with Crippen LogP contribution < -0.4 is 5.32 Å². The van der Waals surface area contributed by atoms with Gasteiger partial charge in [0.1, 0.15) is 11.4 Å². The lowest BCUT2D eigenvalue weighted by atomic mass is 10.3. The van der Waals surface area contributed by atoms with Gasteiger partial charge in [-0.2, -0.15) is 0 Å². The molecule has 1 aliphatic carbocycles. The second-order valence-corrected chi connectivity index (χ2v) is 3.71. The molecule has 0 spiro atoms. The summed E-state index contributed by atoms with van der Waals surface area (Å²) >= 11 is 0. The average molecular weight is 167 g/mol. The molecule has 0 radical (unpaired) electrons. The number of nitrogens with one attached hydrogen (secondary N) is 1. The van der Waals surface area contributed by atoms with Crippen LogP contribution in [-0.4, -0.2) is 15.9 Å². The standard InChI is InChI=1S/C8H13N3O/c1-6-7(11-12-10-6)5-9-8(2)3-4-8/h9H,3-5H2,1-2H3. The Kier molecular flexibility index (Phi) is 1.65. The van der Waals surface area contributed by atoms with Crippen molar-refractivity contribution in [3.63, 3.8) is 0 Å². The quantitative estimate of drug-likeness (QED) is 0.730. The zero-order valence-electron chi connectivity index (χ0n) is 7.42. The molecule has 0 aromatic carbocycles. The predicted molar refractivity (Wildman–Crippen MR) is 43.5 cm³/mol. The van der Waals surface area contributed by atoms with Crippen molar-refractivity contribution in [1.82, 2.24) is 15.6 Å². The Morgan fingerprint density at radius 1 is 1.50 bits per heavy atom. The molecule has 1 aliphatic rings. The molecular weight excluding hydrogens is 154 g/mol. The van der Waals surface area contributed by atoms with Gasteiger partial charge in [-0.3, -0.25) is 0 Å². The summed E-state index contributed by atoms with van der Waals surface area (Å²) in [7, 11) is 0. The third-order valence-electron chi connectivity index (χ3n) is 2.43. The lowest BCUT2D eigenvalue weighted by molar-refractivity contribution is 0.299. The van der Waals surface area contributed by atoms with E-state index in [2.05, 4.69) is 27.2 Å². The van der Waals surface area contributed by atoms with Crippen molar-refractivity contribution >= 4 is 0 Å². The molecule has 0 unspecified atom stereocenters. The Morgan fingerprint density at radius 2 is 2.25 bits per heavy atom. The van der Waals surface area contributed by atoms with Crippen LogP contribution in [0.4, 0.5) is 0 Å². The van der Waals surface area contributed by atoms with E-state index in [1.54, 1.807) is 0 Å². The van der Waals surface area contributed by atoms with Crippen molar-refractivity contribution in [2.45, 2.75) is 38.8 Å². The summed E-state index contributed by atoms with van der Waals surface area (Å²) in [6.45, 7) is 4.89. The van der Waals surface area contributed by atoms with E-state index in [1.807, 2.05) is 6.92 Å². The normalized spacial score (nSPS) is 19.5. The summed E-state index contributed by atoms with van der Waals surface area (Å²) in [4.78, 5) is 0. The molecule has 0 amide bonds. The molecule has 1 saturated carbocycles. The zero-order chi connectivity index (χ0) is 8.60. The summed E-state index contributed by atoms with van der Waals surface area (Å²) in [6, 6.07) is 0. The fourth-order valence-corrected chi connectivity index (χ4v) is 1.07. The molecular formula is C8H13N3O. The van der Waals surface area contributed by atoms with Gasteiger partial charge in [-0.05, 0) is 26.7 Å². The second-order valence-electron chi connectivity index (χ2n) is 3.71. The van der Waals surface area contributed by atoms with Gasteiger partial charge in [0.05, 0.1) is 0 Å². The van der Waals surface area contributed by atoms with Gasteiger partial charge in [0.15, 0.2) is 0 Å². The van der Waals surface area contributed by atoms with Crippen LogP contribution >= 0.6 is 0 Å². The third kappa shape index (κ3) is 1.48. The molecule has 0 bridgehead atoms. The van der Waals surface area contributed by atoms with Crippen molar-refractivity contribution < 1.29 is 4.63 Å². The zero-order valence-corrected chi connectivity index (χ0v) is 7.42. The largest absolute Gasteiger partial charge is 0.306 e. The van der Waals surface area contributed by atoms with Gasteiger partial charge in [0.25, 0.3) is 0 Å². The molecule has 1 aromatic rings. The fourth-order valence-electron chi connectivity index (χ4n) is 1.07. The van der Waals surface area contributed by atoms with Gasteiger partial charge in [0.2, 0.25) is 0 Å². The highest BCUT2D eigenvalue weighted by molar-refractivity contribution is 5.07. The Labute approximate surface area is 71.3 Å². The van der Waals surface area contributed by atoms with E-state index in [4.69, 9.17) is 0 Å². The van der Waals surface area contributed by atoms with Crippen molar-refractivity contribution in [2.75, 3.05) is 0 Å². The second kappa shape index (κ2) is 2.55. The first-order chi connectivity index (χ1) is 5.70. The molecule has 4 nitrogen and oxygen atoms in total. The number of aryl methyl sites for hydroxylation is 1. The third-order valence-corrected chi connectivity index (χ3v) is 2.43. The minimum Gasteiger partial charge on any atom is -0.306 e. The van der Waals surface area contributed by atoms with E-state index in [0.717, 1.165) is 17.9 Å². The summed E-state index contributed by atoms with van der Waals surface area (Å²) < 4.78 is 4.59. The van der Waals surface area contributed by atoms with E-state index >= 15 is 0 Å². The molecule has 1 heterocycles. The Morgan fingerprint density at radius 3 is 2.75 bits per heavy atom. The van der Waals surface area contributed by atoms with Crippen molar-refractivity contribution in [3.05, 3.63) is 11.4 Å². The first-order valence-corrected chi connectivity index (χ1v) is 4.23. The van der Waals surface area contributed by atoms with Crippen LogP contribution in [-0.2, 0) is 6.54 Å². The molecule has 12 heavy (non-hydrogen) atoms. The molecule has 66 valence electrons. The number of hydrogen-bond donors (Lipinski definition) is 1. The maximum Gasteiger partial charge on any atom is 0.121 e. The van der Waals surface area contributed by atoms with E-state index in [0.29, 0.717) is 5.54 Å². The van der Waals surface area contributed by atoms with Crippen LogP contribution in [0.1, 0.15) is 31.2 Å². The van der Waals surface area contributed by atoms with Gasteiger partial charge in [0, 0.05) is 12.1 Å². The van der Waals surface area contributed by atoms with Crippen molar-refractivity contribution in [1.29, 1.82) is 0 Å². The maximum absolute atomic E-state index is 4.59. The molecule has 0 saturated heterocycles. The van der Waals surface area contributed by atoms with Gasteiger partial charge in [-0.1, -0.05) is 10.3 Å². The molecule has 1 N–H and O–H groups in total. The lowest BCUT2D eigenvalue weighted by Crippen LogP contribution is -2.27. The molecule has 2 rings (SSSR count). The van der Waals surface area contributed by atoms with E-state index in [9.17, 15) is 0 Å². The van der Waals surface area contributed by atoms with Crippen molar-refractivity contribution in [3.8, 4) is 0 Å². The molecule has 4 heteroatoms. The lowest BCUT2D eigenvalue weighted by Gasteiger charge is -2.08. The first-order valence-electron chi connectivity index (χ1n) is 4.23. The van der Waals surface area contributed by atoms with E-state index in [1.165, 1.54) is 12.8 Å². The Balaban J connectivity index is 1.91. The first kappa shape index (κ1) is 7.73. The minimum absolute atomic E-state index is 0.353. The summed E-state index contributed by atoms with van der Waals surface area (Å²) in [5.74, 6) is 0. The molecule has 0 aliphatic heterocycles. The van der Waals surface area contributed by atoms with Gasteiger partial charge in [-0.25, -0.2) is 4.63 Å². The van der Waals surface area contributed by atoms with Gasteiger partial charge < -0.3 is 5.32 Å².